The molecule has 0 aliphatic heterocycles. The summed E-state index contributed by atoms with van der Waals surface area (Å²) in [7, 11) is 0. The molecule has 6 nitrogen and oxygen atoms in total. The van der Waals surface area contributed by atoms with E-state index in [1.165, 1.54) is 0 Å². The van der Waals surface area contributed by atoms with Crippen LogP contribution in [0.1, 0.15) is 4.88 Å². The number of carbonyl (C=O) groups excluding carboxylic acids is 2. The van der Waals surface area contributed by atoms with Crippen molar-refractivity contribution in [1.82, 2.24) is 15.6 Å². The average molecular weight is 347 g/mol. The van der Waals surface area contributed by atoms with Gasteiger partial charge in [0.1, 0.15) is 5.52 Å². The number of hydrogen-bond acceptors (Lipinski definition) is 6. The van der Waals surface area contributed by atoms with Crippen molar-refractivity contribution >= 4 is 46.1 Å². The van der Waals surface area contributed by atoms with E-state index in [0.717, 1.165) is 22.2 Å². The third kappa shape index (κ3) is 4.33. The summed E-state index contributed by atoms with van der Waals surface area (Å²) < 4.78 is 5.49. The maximum Gasteiger partial charge on any atom is 0.321 e. The van der Waals surface area contributed by atoms with E-state index in [4.69, 9.17) is 4.42 Å². The van der Waals surface area contributed by atoms with Crippen molar-refractivity contribution in [2.24, 2.45) is 0 Å². The summed E-state index contributed by atoms with van der Waals surface area (Å²) in [6.45, 7) is 0.398. The van der Waals surface area contributed by atoms with Crippen molar-refractivity contribution in [2.45, 2.75) is 11.8 Å². The predicted molar refractivity (Wildman–Crippen MR) is 89.4 cm³/mol. The van der Waals surface area contributed by atoms with Gasteiger partial charge in [-0.1, -0.05) is 30.0 Å². The molecule has 0 aliphatic rings. The van der Waals surface area contributed by atoms with Crippen molar-refractivity contribution in [3.05, 3.63) is 46.7 Å². The first-order chi connectivity index (χ1) is 11.2. The lowest BCUT2D eigenvalue weighted by atomic mass is 10.3. The summed E-state index contributed by atoms with van der Waals surface area (Å²) in [6.07, 6.45) is 0. The number of hydrogen-bond donors (Lipinski definition) is 2. The zero-order valence-electron chi connectivity index (χ0n) is 11.9. The number of thioether (sulfide) groups is 1. The number of para-hydroxylation sites is 2. The highest BCUT2D eigenvalue weighted by Crippen LogP contribution is 2.22. The van der Waals surface area contributed by atoms with Gasteiger partial charge in [-0.05, 0) is 23.6 Å². The van der Waals surface area contributed by atoms with Crippen LogP contribution in [0.2, 0.25) is 0 Å². The van der Waals surface area contributed by atoms with Crippen LogP contribution in [0, 0.1) is 0 Å². The van der Waals surface area contributed by atoms with Gasteiger partial charge in [0, 0.05) is 4.88 Å². The van der Waals surface area contributed by atoms with Crippen LogP contribution in [0.15, 0.2) is 51.4 Å². The van der Waals surface area contributed by atoms with E-state index in [9.17, 15) is 9.59 Å². The SMILES string of the molecule is O=C(CSc1nc2ccccc2o1)NC(=O)NCc1cccs1. The Kier molecular flexibility index (Phi) is 4.94. The first-order valence-electron chi connectivity index (χ1n) is 6.79. The smallest absolute Gasteiger partial charge is 0.321 e. The van der Waals surface area contributed by atoms with Gasteiger partial charge >= 0.3 is 6.03 Å². The second-order valence-corrected chi connectivity index (χ2v) is 6.51. The minimum absolute atomic E-state index is 0.0548. The number of thiophene rings is 1. The molecule has 8 heteroatoms. The Labute approximate surface area is 140 Å². The topological polar surface area (TPSA) is 84.2 Å². The van der Waals surface area contributed by atoms with Gasteiger partial charge in [0.2, 0.25) is 5.91 Å². The molecule has 0 saturated heterocycles. The van der Waals surface area contributed by atoms with Crippen LogP contribution in [0.3, 0.4) is 0 Å². The second kappa shape index (κ2) is 7.30. The summed E-state index contributed by atoms with van der Waals surface area (Å²) in [4.78, 5) is 28.6. The van der Waals surface area contributed by atoms with Gasteiger partial charge in [-0.2, -0.15) is 0 Å². The van der Waals surface area contributed by atoms with E-state index in [1.807, 2.05) is 41.8 Å². The molecular weight excluding hydrogens is 334 g/mol. The third-order valence-electron chi connectivity index (χ3n) is 2.86. The monoisotopic (exact) mass is 347 g/mol. The highest BCUT2D eigenvalue weighted by Gasteiger charge is 2.11. The van der Waals surface area contributed by atoms with Crippen molar-refractivity contribution in [1.29, 1.82) is 0 Å². The molecular formula is C15H13N3O3S2. The first kappa shape index (κ1) is 15.6. The summed E-state index contributed by atoms with van der Waals surface area (Å²) in [5.74, 6) is -0.347. The molecule has 0 unspecified atom stereocenters. The zero-order chi connectivity index (χ0) is 16.1. The van der Waals surface area contributed by atoms with E-state index in [0.29, 0.717) is 17.4 Å². The minimum atomic E-state index is -0.512. The zero-order valence-corrected chi connectivity index (χ0v) is 13.6. The van der Waals surface area contributed by atoms with Crippen LogP contribution >= 0.6 is 23.1 Å². The van der Waals surface area contributed by atoms with Crippen LogP contribution in [-0.2, 0) is 11.3 Å². The minimum Gasteiger partial charge on any atom is -0.431 e. The van der Waals surface area contributed by atoms with E-state index >= 15 is 0 Å². The molecule has 0 atom stereocenters. The summed E-state index contributed by atoms with van der Waals surface area (Å²) in [5.41, 5.74) is 1.41. The molecule has 3 rings (SSSR count). The van der Waals surface area contributed by atoms with Gasteiger partial charge in [0.15, 0.2) is 5.58 Å². The fourth-order valence-electron chi connectivity index (χ4n) is 1.83. The maximum atomic E-state index is 11.7. The summed E-state index contributed by atoms with van der Waals surface area (Å²) in [5, 5.41) is 7.23. The molecule has 23 heavy (non-hydrogen) atoms. The Morgan fingerprint density at radius 2 is 2.09 bits per heavy atom. The molecule has 0 aliphatic carbocycles. The highest BCUT2D eigenvalue weighted by molar-refractivity contribution is 7.99. The normalized spacial score (nSPS) is 10.6. The Balaban J connectivity index is 1.44. The number of nitrogens with zero attached hydrogens (tertiary/aromatic N) is 1. The van der Waals surface area contributed by atoms with Gasteiger partial charge < -0.3 is 9.73 Å². The lowest BCUT2D eigenvalue weighted by Gasteiger charge is -2.04. The number of nitrogens with one attached hydrogen (secondary N) is 2. The highest BCUT2D eigenvalue weighted by atomic mass is 32.2. The van der Waals surface area contributed by atoms with Gasteiger partial charge in [0.25, 0.3) is 5.22 Å². The van der Waals surface area contributed by atoms with Crippen LogP contribution in [0.4, 0.5) is 4.79 Å². The summed E-state index contributed by atoms with van der Waals surface area (Å²) >= 11 is 2.69. The number of urea groups is 1. The maximum absolute atomic E-state index is 11.7. The molecule has 2 heterocycles. The number of rotatable bonds is 5. The fourth-order valence-corrected chi connectivity index (χ4v) is 3.11. The van der Waals surface area contributed by atoms with Crippen molar-refractivity contribution in [2.75, 3.05) is 5.75 Å². The second-order valence-electron chi connectivity index (χ2n) is 4.55. The molecule has 118 valence electrons. The number of imide groups is 1. The largest absolute Gasteiger partial charge is 0.431 e. The van der Waals surface area contributed by atoms with Crippen molar-refractivity contribution in [3.8, 4) is 0 Å². The number of benzene rings is 1. The summed E-state index contributed by atoms with van der Waals surface area (Å²) in [6, 6.07) is 10.7. The number of amides is 3. The fraction of sp³-hybridized carbons (Fsp3) is 0.133. The standard InChI is InChI=1S/C15H13N3O3S2/c19-13(18-14(20)16-8-10-4-3-7-22-10)9-23-15-17-11-5-1-2-6-12(11)21-15/h1-7H,8-9H2,(H2,16,18,19,20). The van der Waals surface area contributed by atoms with Crippen LogP contribution in [0.25, 0.3) is 11.1 Å². The molecule has 0 fully saturated rings. The van der Waals surface area contributed by atoms with Crippen LogP contribution in [0.5, 0.6) is 0 Å². The quantitative estimate of drug-likeness (QED) is 0.693. The van der Waals surface area contributed by atoms with Gasteiger partial charge in [-0.15, -0.1) is 11.3 Å². The Morgan fingerprint density at radius 3 is 2.87 bits per heavy atom. The molecule has 2 aromatic heterocycles. The molecule has 0 bridgehead atoms. The predicted octanol–water partition coefficient (Wildman–Crippen LogP) is 3.01. The third-order valence-corrected chi connectivity index (χ3v) is 4.56. The Hall–Kier alpha value is -2.32. The van der Waals surface area contributed by atoms with Crippen LogP contribution in [-0.4, -0.2) is 22.7 Å². The first-order valence-corrected chi connectivity index (χ1v) is 8.65. The van der Waals surface area contributed by atoms with Crippen molar-refractivity contribution in [3.63, 3.8) is 0 Å². The van der Waals surface area contributed by atoms with E-state index < -0.39 is 11.9 Å². The van der Waals surface area contributed by atoms with E-state index in [2.05, 4.69) is 15.6 Å². The molecule has 3 aromatic rings. The number of aromatic nitrogens is 1. The van der Waals surface area contributed by atoms with E-state index in [-0.39, 0.29) is 5.75 Å². The Bertz CT molecular complexity index is 781. The lowest BCUT2D eigenvalue weighted by Crippen LogP contribution is -2.39. The van der Waals surface area contributed by atoms with Gasteiger partial charge in [-0.3, -0.25) is 10.1 Å². The molecule has 2 N–H and O–H groups in total. The number of oxazole rings is 1. The molecule has 0 spiro atoms. The molecule has 1 aromatic carbocycles. The lowest BCUT2D eigenvalue weighted by molar-refractivity contribution is -0.117. The average Bonchev–Trinajstić information content (AvgIpc) is 3.19. The molecule has 0 saturated carbocycles. The van der Waals surface area contributed by atoms with Crippen LogP contribution < -0.4 is 10.6 Å². The van der Waals surface area contributed by atoms with Gasteiger partial charge in [0.05, 0.1) is 12.3 Å². The number of carbonyl (C=O) groups is 2. The van der Waals surface area contributed by atoms with Crippen molar-refractivity contribution < 1.29 is 14.0 Å². The van der Waals surface area contributed by atoms with Gasteiger partial charge in [-0.25, -0.2) is 9.78 Å². The Morgan fingerprint density at radius 1 is 1.22 bits per heavy atom. The molecule has 0 radical (unpaired) electrons. The molecule has 3 amide bonds. The van der Waals surface area contributed by atoms with E-state index in [1.54, 1.807) is 11.3 Å². The number of fused-ring (bicyclic) bond motifs is 1.